The molecule has 0 aliphatic heterocycles. The van der Waals surface area contributed by atoms with Gasteiger partial charge in [0.2, 0.25) is 0 Å². The van der Waals surface area contributed by atoms with Crippen LogP contribution in [0.5, 0.6) is 5.75 Å². The fourth-order valence-electron chi connectivity index (χ4n) is 2.03. The zero-order valence-electron chi connectivity index (χ0n) is 10.6. The summed E-state index contributed by atoms with van der Waals surface area (Å²) >= 11 is 2.27. The predicted octanol–water partition coefficient (Wildman–Crippen LogP) is 3.81. The lowest BCUT2D eigenvalue weighted by Crippen LogP contribution is -2.02. The zero-order chi connectivity index (χ0) is 13.1. The third-order valence-electron chi connectivity index (χ3n) is 2.85. The second-order valence-corrected chi connectivity index (χ2v) is 5.32. The number of aromatic nitrogens is 1. The molecule has 0 atom stereocenters. The molecule has 0 aromatic carbocycles. The van der Waals surface area contributed by atoms with Crippen LogP contribution in [0.3, 0.4) is 0 Å². The third-order valence-corrected chi connectivity index (χ3v) is 3.96. The minimum Gasteiger partial charge on any atom is -0.423 e. The normalized spacial score (nSPS) is 10.8. The highest BCUT2D eigenvalue weighted by atomic mass is 127. The minimum absolute atomic E-state index is 0.272. The SMILES string of the molecule is CCCCc1c(I)c(OC(C)=O)c2ccccn12. The van der Waals surface area contributed by atoms with Gasteiger partial charge < -0.3 is 9.14 Å². The van der Waals surface area contributed by atoms with Crippen LogP contribution in [0.25, 0.3) is 5.52 Å². The molecule has 0 amide bonds. The topological polar surface area (TPSA) is 30.7 Å². The Labute approximate surface area is 120 Å². The molecule has 0 spiro atoms. The van der Waals surface area contributed by atoms with E-state index in [0.29, 0.717) is 5.75 Å². The third kappa shape index (κ3) is 2.53. The number of hydrogen-bond donors (Lipinski definition) is 0. The summed E-state index contributed by atoms with van der Waals surface area (Å²) in [7, 11) is 0. The van der Waals surface area contributed by atoms with Crippen LogP contribution in [0, 0.1) is 3.57 Å². The van der Waals surface area contributed by atoms with Gasteiger partial charge in [-0.3, -0.25) is 4.79 Å². The van der Waals surface area contributed by atoms with Gasteiger partial charge in [0.05, 0.1) is 9.09 Å². The quantitative estimate of drug-likeness (QED) is 0.615. The summed E-state index contributed by atoms with van der Waals surface area (Å²) < 4.78 is 8.52. The number of halogens is 1. The lowest BCUT2D eigenvalue weighted by atomic mass is 10.2. The Balaban J connectivity index is 2.55. The number of aryl methyl sites for hydroxylation is 1. The number of nitrogens with zero attached hydrogens (tertiary/aromatic N) is 1. The van der Waals surface area contributed by atoms with Crippen LogP contribution in [-0.2, 0) is 11.2 Å². The molecule has 3 nitrogen and oxygen atoms in total. The summed E-state index contributed by atoms with van der Waals surface area (Å²) in [6, 6.07) is 5.94. The van der Waals surface area contributed by atoms with Gasteiger partial charge in [0, 0.05) is 18.8 Å². The van der Waals surface area contributed by atoms with E-state index in [1.165, 1.54) is 12.6 Å². The molecule has 0 aliphatic rings. The summed E-state index contributed by atoms with van der Waals surface area (Å²) in [5.74, 6) is 0.418. The van der Waals surface area contributed by atoms with Crippen molar-refractivity contribution in [2.45, 2.75) is 33.1 Å². The van der Waals surface area contributed by atoms with E-state index in [9.17, 15) is 4.79 Å². The van der Waals surface area contributed by atoms with Gasteiger partial charge in [-0.05, 0) is 47.6 Å². The van der Waals surface area contributed by atoms with E-state index in [1.807, 2.05) is 24.4 Å². The van der Waals surface area contributed by atoms with Gasteiger partial charge in [0.15, 0.2) is 5.75 Å². The molecular formula is C14H16INO2. The average molecular weight is 357 g/mol. The molecule has 0 bridgehead atoms. The van der Waals surface area contributed by atoms with Crippen LogP contribution in [0.1, 0.15) is 32.4 Å². The minimum atomic E-state index is -0.272. The molecule has 18 heavy (non-hydrogen) atoms. The number of carbonyl (C=O) groups excluding carboxylic acids is 1. The fourth-order valence-corrected chi connectivity index (χ4v) is 2.94. The summed E-state index contributed by atoms with van der Waals surface area (Å²) in [4.78, 5) is 11.2. The van der Waals surface area contributed by atoms with Crippen molar-refractivity contribution in [3.05, 3.63) is 33.7 Å². The summed E-state index contributed by atoms with van der Waals surface area (Å²) in [5.41, 5.74) is 2.19. The fraction of sp³-hybridized carbons (Fsp3) is 0.357. The molecule has 4 heteroatoms. The molecule has 0 N–H and O–H groups in total. The van der Waals surface area contributed by atoms with Crippen molar-refractivity contribution < 1.29 is 9.53 Å². The van der Waals surface area contributed by atoms with Crippen LogP contribution in [0.15, 0.2) is 24.4 Å². The van der Waals surface area contributed by atoms with Gasteiger partial charge in [-0.15, -0.1) is 0 Å². The van der Waals surface area contributed by atoms with E-state index in [-0.39, 0.29) is 5.97 Å². The van der Waals surface area contributed by atoms with Gasteiger partial charge in [-0.1, -0.05) is 19.4 Å². The second kappa shape index (κ2) is 5.73. The molecule has 2 aromatic rings. The van der Waals surface area contributed by atoms with E-state index in [1.54, 1.807) is 0 Å². The van der Waals surface area contributed by atoms with Crippen LogP contribution in [0.4, 0.5) is 0 Å². The van der Waals surface area contributed by atoms with Crippen molar-refractivity contribution in [1.29, 1.82) is 0 Å². The van der Waals surface area contributed by atoms with Gasteiger partial charge in [0.25, 0.3) is 0 Å². The largest absolute Gasteiger partial charge is 0.423 e. The molecule has 96 valence electrons. The molecule has 0 radical (unpaired) electrons. The van der Waals surface area contributed by atoms with Crippen molar-refractivity contribution >= 4 is 34.1 Å². The van der Waals surface area contributed by atoms with E-state index < -0.39 is 0 Å². The number of unbranched alkanes of at least 4 members (excludes halogenated alkanes) is 1. The molecule has 0 saturated carbocycles. The smallest absolute Gasteiger partial charge is 0.308 e. The first kappa shape index (κ1) is 13.4. The van der Waals surface area contributed by atoms with Crippen molar-refractivity contribution in [2.75, 3.05) is 0 Å². The average Bonchev–Trinajstić information content (AvgIpc) is 2.60. The molecule has 2 rings (SSSR count). The number of ether oxygens (including phenoxy) is 1. The predicted molar refractivity (Wildman–Crippen MR) is 80.0 cm³/mol. The second-order valence-electron chi connectivity index (χ2n) is 4.24. The summed E-state index contributed by atoms with van der Waals surface area (Å²) in [6.45, 7) is 3.61. The van der Waals surface area contributed by atoms with Crippen LogP contribution in [0.2, 0.25) is 0 Å². The molecule has 2 heterocycles. The number of carbonyl (C=O) groups is 1. The first-order valence-electron chi connectivity index (χ1n) is 6.11. The first-order chi connectivity index (χ1) is 8.65. The van der Waals surface area contributed by atoms with Crippen LogP contribution < -0.4 is 4.74 Å². The van der Waals surface area contributed by atoms with Crippen LogP contribution in [-0.4, -0.2) is 10.4 Å². The van der Waals surface area contributed by atoms with Gasteiger partial charge in [-0.2, -0.15) is 0 Å². The van der Waals surface area contributed by atoms with E-state index in [2.05, 4.69) is 33.9 Å². The maximum absolute atomic E-state index is 11.2. The highest BCUT2D eigenvalue weighted by Crippen LogP contribution is 2.33. The molecular weight excluding hydrogens is 341 g/mol. The van der Waals surface area contributed by atoms with Crippen molar-refractivity contribution in [2.24, 2.45) is 0 Å². The van der Waals surface area contributed by atoms with E-state index >= 15 is 0 Å². The van der Waals surface area contributed by atoms with Gasteiger partial charge in [-0.25, -0.2) is 0 Å². The molecule has 0 fully saturated rings. The number of esters is 1. The first-order valence-corrected chi connectivity index (χ1v) is 7.18. The lowest BCUT2D eigenvalue weighted by Gasteiger charge is -2.01. The zero-order valence-corrected chi connectivity index (χ0v) is 12.7. The maximum Gasteiger partial charge on any atom is 0.308 e. The maximum atomic E-state index is 11.2. The van der Waals surface area contributed by atoms with Gasteiger partial charge >= 0.3 is 5.97 Å². The van der Waals surface area contributed by atoms with E-state index in [4.69, 9.17) is 4.74 Å². The summed E-state index contributed by atoms with van der Waals surface area (Å²) in [5, 5.41) is 0. The number of pyridine rings is 1. The Hall–Kier alpha value is -1.04. The Morgan fingerprint density at radius 2 is 2.22 bits per heavy atom. The Kier molecular flexibility index (Phi) is 4.27. The highest BCUT2D eigenvalue weighted by molar-refractivity contribution is 14.1. The highest BCUT2D eigenvalue weighted by Gasteiger charge is 2.17. The number of rotatable bonds is 4. The Bertz CT molecular complexity index is 574. The number of fused-ring (bicyclic) bond motifs is 1. The van der Waals surface area contributed by atoms with Crippen molar-refractivity contribution in [3.8, 4) is 5.75 Å². The van der Waals surface area contributed by atoms with Gasteiger partial charge in [0.1, 0.15) is 0 Å². The monoisotopic (exact) mass is 357 g/mol. The Morgan fingerprint density at radius 1 is 1.44 bits per heavy atom. The lowest BCUT2D eigenvalue weighted by molar-refractivity contribution is -0.131. The molecule has 0 saturated heterocycles. The molecule has 0 unspecified atom stereocenters. The van der Waals surface area contributed by atoms with E-state index in [0.717, 1.165) is 28.3 Å². The Morgan fingerprint density at radius 3 is 2.89 bits per heavy atom. The molecule has 0 aliphatic carbocycles. The van der Waals surface area contributed by atoms with Crippen LogP contribution >= 0.6 is 22.6 Å². The molecule has 2 aromatic heterocycles. The van der Waals surface area contributed by atoms with Crippen molar-refractivity contribution in [1.82, 2.24) is 4.40 Å². The summed E-state index contributed by atoms with van der Waals surface area (Å²) in [6.07, 6.45) is 5.31. The number of hydrogen-bond acceptors (Lipinski definition) is 2. The van der Waals surface area contributed by atoms with Crippen molar-refractivity contribution in [3.63, 3.8) is 0 Å². The standard InChI is InChI=1S/C14H16INO2/c1-3-4-7-11-13(15)14(18-10(2)17)12-8-5-6-9-16(11)12/h5-6,8-9H,3-4,7H2,1-2H3.